The minimum atomic E-state index is 0. The van der Waals surface area contributed by atoms with E-state index in [2.05, 4.69) is 52.4 Å². The maximum atomic E-state index is 5.70. The Morgan fingerprint density at radius 2 is 1.82 bits per heavy atom. The molecule has 22 heavy (non-hydrogen) atoms. The second-order valence-electron chi connectivity index (χ2n) is 5.21. The summed E-state index contributed by atoms with van der Waals surface area (Å²) in [5, 5.41) is 3.56. The Morgan fingerprint density at radius 3 is 2.68 bits per heavy atom. The van der Waals surface area contributed by atoms with Crippen molar-refractivity contribution in [1.82, 2.24) is 9.97 Å². The summed E-state index contributed by atoms with van der Waals surface area (Å²) in [4.78, 5) is 7.68. The topological polar surface area (TPSA) is 54.7 Å². The molecule has 2 aromatic carbocycles. The largest absolute Gasteiger partial charge is 0.357 e. The van der Waals surface area contributed by atoms with Crippen LogP contribution < -0.4 is 5.73 Å². The van der Waals surface area contributed by atoms with Crippen LogP contribution in [-0.2, 0) is 6.54 Å². The zero-order chi connectivity index (χ0) is 14.2. The van der Waals surface area contributed by atoms with Crippen LogP contribution in [0.25, 0.3) is 32.8 Å². The molecule has 110 valence electrons. The average Bonchev–Trinajstić information content (AvgIpc) is 2.96. The van der Waals surface area contributed by atoms with Crippen molar-refractivity contribution in [2.45, 2.75) is 6.54 Å². The third-order valence-electron chi connectivity index (χ3n) is 3.88. The zero-order valence-corrected chi connectivity index (χ0v) is 12.7. The van der Waals surface area contributed by atoms with Gasteiger partial charge in [-0.3, -0.25) is 4.98 Å². The van der Waals surface area contributed by atoms with Gasteiger partial charge in [-0.15, -0.1) is 12.4 Å². The second-order valence-corrected chi connectivity index (χ2v) is 5.21. The third kappa shape index (κ3) is 2.34. The molecule has 4 aromatic rings. The molecule has 3 N–H and O–H groups in total. The predicted octanol–water partition coefficient (Wildman–Crippen LogP) is 4.26. The Balaban J connectivity index is 0.00000144. The molecule has 4 heteroatoms. The molecule has 4 rings (SSSR count). The number of halogens is 1. The second kappa shape index (κ2) is 5.79. The van der Waals surface area contributed by atoms with Gasteiger partial charge in [0.05, 0.1) is 0 Å². The lowest BCUT2D eigenvalue weighted by molar-refractivity contribution is 1.02. The Bertz CT molecular complexity index is 938. The van der Waals surface area contributed by atoms with Crippen LogP contribution in [0.1, 0.15) is 5.69 Å². The molecular formula is C18H16ClN3. The normalized spacial score (nSPS) is 10.8. The molecule has 0 unspecified atom stereocenters. The third-order valence-corrected chi connectivity index (χ3v) is 3.88. The highest BCUT2D eigenvalue weighted by molar-refractivity contribution is 5.97. The van der Waals surface area contributed by atoms with Gasteiger partial charge in [-0.1, -0.05) is 30.3 Å². The molecule has 2 aromatic heterocycles. The lowest BCUT2D eigenvalue weighted by Gasteiger charge is -2.06. The lowest BCUT2D eigenvalue weighted by atomic mass is 10.00. The molecule has 0 radical (unpaired) electrons. The van der Waals surface area contributed by atoms with Gasteiger partial charge in [-0.25, -0.2) is 0 Å². The highest BCUT2D eigenvalue weighted by Crippen LogP contribution is 2.30. The molecule has 2 heterocycles. The number of nitrogens with two attached hydrogens (primary N) is 1. The molecule has 0 saturated carbocycles. The SMILES string of the molecule is Cl.NCc1cc2cc(-c3cncc4ccccc34)ccc2[nH]1. The average molecular weight is 310 g/mol. The van der Waals surface area contributed by atoms with E-state index in [1.54, 1.807) is 0 Å². The minimum Gasteiger partial charge on any atom is -0.357 e. The highest BCUT2D eigenvalue weighted by Gasteiger charge is 2.06. The Hall–Kier alpha value is -2.36. The van der Waals surface area contributed by atoms with Gasteiger partial charge in [-0.05, 0) is 29.1 Å². The maximum Gasteiger partial charge on any atom is 0.0456 e. The molecule has 0 amide bonds. The van der Waals surface area contributed by atoms with E-state index in [1.165, 1.54) is 16.3 Å². The number of hydrogen-bond acceptors (Lipinski definition) is 2. The van der Waals surface area contributed by atoms with Crippen molar-refractivity contribution in [1.29, 1.82) is 0 Å². The monoisotopic (exact) mass is 309 g/mol. The van der Waals surface area contributed by atoms with Crippen LogP contribution in [0, 0.1) is 0 Å². The molecular weight excluding hydrogens is 294 g/mol. The van der Waals surface area contributed by atoms with Crippen molar-refractivity contribution >= 4 is 34.1 Å². The first-order chi connectivity index (χ1) is 10.3. The fourth-order valence-electron chi connectivity index (χ4n) is 2.82. The summed E-state index contributed by atoms with van der Waals surface area (Å²) in [5.74, 6) is 0. The molecule has 3 nitrogen and oxygen atoms in total. The molecule has 0 aliphatic heterocycles. The number of fused-ring (bicyclic) bond motifs is 2. The molecule has 0 atom stereocenters. The fraction of sp³-hybridized carbons (Fsp3) is 0.0556. The Labute approximate surface area is 134 Å². The van der Waals surface area contributed by atoms with Crippen LogP contribution in [0.3, 0.4) is 0 Å². The number of nitrogens with zero attached hydrogens (tertiary/aromatic N) is 1. The van der Waals surface area contributed by atoms with Gasteiger partial charge in [0, 0.05) is 46.5 Å². The van der Waals surface area contributed by atoms with Gasteiger partial charge in [-0.2, -0.15) is 0 Å². The zero-order valence-electron chi connectivity index (χ0n) is 11.9. The number of rotatable bonds is 2. The fourth-order valence-corrected chi connectivity index (χ4v) is 2.82. The molecule has 0 aliphatic carbocycles. The highest BCUT2D eigenvalue weighted by atomic mass is 35.5. The van der Waals surface area contributed by atoms with E-state index in [9.17, 15) is 0 Å². The van der Waals surface area contributed by atoms with Gasteiger partial charge < -0.3 is 10.7 Å². The van der Waals surface area contributed by atoms with E-state index in [0.29, 0.717) is 6.54 Å². The summed E-state index contributed by atoms with van der Waals surface area (Å²) in [6.07, 6.45) is 3.83. The number of pyridine rings is 1. The lowest BCUT2D eigenvalue weighted by Crippen LogP contribution is -1.94. The van der Waals surface area contributed by atoms with Crippen LogP contribution in [-0.4, -0.2) is 9.97 Å². The molecule has 0 bridgehead atoms. The first-order valence-electron chi connectivity index (χ1n) is 7.00. The molecule has 0 aliphatic rings. The van der Waals surface area contributed by atoms with E-state index in [0.717, 1.165) is 22.2 Å². The van der Waals surface area contributed by atoms with Gasteiger partial charge in [0.15, 0.2) is 0 Å². The summed E-state index contributed by atoms with van der Waals surface area (Å²) in [6.45, 7) is 0.528. The van der Waals surface area contributed by atoms with E-state index in [-0.39, 0.29) is 12.4 Å². The van der Waals surface area contributed by atoms with E-state index < -0.39 is 0 Å². The van der Waals surface area contributed by atoms with E-state index >= 15 is 0 Å². The van der Waals surface area contributed by atoms with Crippen LogP contribution in [0.15, 0.2) is 60.9 Å². The van der Waals surface area contributed by atoms with Crippen molar-refractivity contribution in [2.75, 3.05) is 0 Å². The minimum absolute atomic E-state index is 0. The summed E-state index contributed by atoms with van der Waals surface area (Å²) >= 11 is 0. The van der Waals surface area contributed by atoms with Crippen molar-refractivity contribution in [3.8, 4) is 11.1 Å². The van der Waals surface area contributed by atoms with Crippen molar-refractivity contribution in [2.24, 2.45) is 5.73 Å². The maximum absolute atomic E-state index is 5.70. The van der Waals surface area contributed by atoms with Crippen LogP contribution in [0.2, 0.25) is 0 Å². The van der Waals surface area contributed by atoms with E-state index in [4.69, 9.17) is 5.73 Å². The summed E-state index contributed by atoms with van der Waals surface area (Å²) in [6, 6.07) is 16.9. The summed E-state index contributed by atoms with van der Waals surface area (Å²) < 4.78 is 0. The Kier molecular flexibility index (Phi) is 3.84. The first-order valence-corrected chi connectivity index (χ1v) is 7.00. The van der Waals surface area contributed by atoms with Crippen LogP contribution in [0.5, 0.6) is 0 Å². The number of nitrogens with one attached hydrogen (secondary N) is 1. The number of hydrogen-bond donors (Lipinski definition) is 2. The summed E-state index contributed by atoms with van der Waals surface area (Å²) in [5.41, 5.74) is 10.2. The smallest absolute Gasteiger partial charge is 0.0456 e. The Morgan fingerprint density at radius 1 is 0.955 bits per heavy atom. The van der Waals surface area contributed by atoms with Crippen molar-refractivity contribution in [3.63, 3.8) is 0 Å². The first kappa shape index (κ1) is 14.6. The van der Waals surface area contributed by atoms with Gasteiger partial charge in [0.2, 0.25) is 0 Å². The van der Waals surface area contributed by atoms with Crippen LogP contribution >= 0.6 is 12.4 Å². The van der Waals surface area contributed by atoms with Gasteiger partial charge >= 0.3 is 0 Å². The number of benzene rings is 2. The number of aromatic nitrogens is 2. The number of aromatic amines is 1. The molecule has 0 saturated heterocycles. The number of H-pyrrole nitrogens is 1. The van der Waals surface area contributed by atoms with Gasteiger partial charge in [0.25, 0.3) is 0 Å². The standard InChI is InChI=1S/C18H15N3.ClH/c19-9-15-8-14-7-12(5-6-18(14)21-15)17-11-20-10-13-3-1-2-4-16(13)17;/h1-8,10-11,21H,9,19H2;1H. The van der Waals surface area contributed by atoms with Gasteiger partial charge in [0.1, 0.15) is 0 Å². The van der Waals surface area contributed by atoms with Crippen LogP contribution in [0.4, 0.5) is 0 Å². The van der Waals surface area contributed by atoms with E-state index in [1.807, 2.05) is 18.5 Å². The molecule has 0 spiro atoms. The predicted molar refractivity (Wildman–Crippen MR) is 94.2 cm³/mol. The summed E-state index contributed by atoms with van der Waals surface area (Å²) in [7, 11) is 0. The molecule has 0 fully saturated rings. The van der Waals surface area contributed by atoms with Crippen molar-refractivity contribution in [3.05, 3.63) is 66.6 Å². The quantitative estimate of drug-likeness (QED) is 0.581. The van der Waals surface area contributed by atoms with Crippen molar-refractivity contribution < 1.29 is 0 Å².